The van der Waals surface area contributed by atoms with E-state index in [1.165, 1.54) is 0 Å². The molecule has 1 aromatic heterocycles. The summed E-state index contributed by atoms with van der Waals surface area (Å²) in [7, 11) is 1.66. The smallest absolute Gasteiger partial charge is 0.230 e. The number of hydrogen-bond donors (Lipinski definition) is 1. The first-order valence-corrected chi connectivity index (χ1v) is 9.36. The second kappa shape index (κ2) is 7.89. The van der Waals surface area contributed by atoms with Crippen LogP contribution in [0.2, 0.25) is 0 Å². The zero-order valence-electron chi connectivity index (χ0n) is 15.9. The van der Waals surface area contributed by atoms with Crippen LogP contribution >= 0.6 is 0 Å². The molecule has 1 aliphatic rings. The molecule has 0 saturated heterocycles. The summed E-state index contributed by atoms with van der Waals surface area (Å²) >= 11 is 0. The number of ether oxygens (including phenoxy) is 1. The highest BCUT2D eigenvalue weighted by atomic mass is 16.5. The highest BCUT2D eigenvalue weighted by molar-refractivity contribution is 5.88. The lowest BCUT2D eigenvalue weighted by molar-refractivity contribution is -0.126. The Morgan fingerprint density at radius 1 is 1.23 bits per heavy atom. The third kappa shape index (κ3) is 3.74. The first-order chi connectivity index (χ1) is 12.5. The van der Waals surface area contributed by atoms with E-state index in [1.807, 2.05) is 42.8 Å². The molecule has 1 amide bonds. The van der Waals surface area contributed by atoms with E-state index in [0.717, 1.165) is 61.6 Å². The molecule has 2 aromatic rings. The second-order valence-corrected chi connectivity index (χ2v) is 7.06. The van der Waals surface area contributed by atoms with Crippen molar-refractivity contribution in [2.45, 2.75) is 57.9 Å². The standard InChI is InChI=1S/C20H28N4O2/c1-15-22-16(2)24(23-15)14-6-13-21-19(25)20(11-4-5-12-20)17-7-9-18(26-3)10-8-17/h7-10H,4-6,11-14H2,1-3H3,(H,21,25). The fraction of sp³-hybridized carbons (Fsp3) is 0.550. The molecule has 26 heavy (non-hydrogen) atoms. The Morgan fingerprint density at radius 3 is 2.50 bits per heavy atom. The van der Waals surface area contributed by atoms with Crippen LogP contribution in [-0.2, 0) is 16.8 Å². The number of methoxy groups -OCH3 is 1. The van der Waals surface area contributed by atoms with Crippen molar-refractivity contribution >= 4 is 5.91 Å². The lowest BCUT2D eigenvalue weighted by atomic mass is 9.78. The van der Waals surface area contributed by atoms with Gasteiger partial charge in [0, 0.05) is 13.1 Å². The van der Waals surface area contributed by atoms with E-state index in [4.69, 9.17) is 4.74 Å². The number of aromatic nitrogens is 3. The number of nitrogens with zero attached hydrogens (tertiary/aromatic N) is 3. The van der Waals surface area contributed by atoms with Gasteiger partial charge in [-0.1, -0.05) is 25.0 Å². The highest BCUT2D eigenvalue weighted by Gasteiger charge is 2.42. The van der Waals surface area contributed by atoms with Crippen molar-refractivity contribution in [3.8, 4) is 5.75 Å². The van der Waals surface area contributed by atoms with Crippen molar-refractivity contribution in [3.05, 3.63) is 41.5 Å². The van der Waals surface area contributed by atoms with Crippen LogP contribution in [0.4, 0.5) is 0 Å². The molecule has 1 N–H and O–H groups in total. The van der Waals surface area contributed by atoms with Crippen LogP contribution in [-0.4, -0.2) is 34.3 Å². The van der Waals surface area contributed by atoms with Gasteiger partial charge in [0.15, 0.2) is 0 Å². The fourth-order valence-electron chi connectivity index (χ4n) is 3.91. The van der Waals surface area contributed by atoms with Gasteiger partial charge >= 0.3 is 0 Å². The average molecular weight is 356 g/mol. The third-order valence-corrected chi connectivity index (χ3v) is 5.33. The van der Waals surface area contributed by atoms with Crippen LogP contribution in [0.3, 0.4) is 0 Å². The van der Waals surface area contributed by atoms with Gasteiger partial charge in [0.1, 0.15) is 17.4 Å². The fourth-order valence-corrected chi connectivity index (χ4v) is 3.91. The molecular weight excluding hydrogens is 328 g/mol. The number of aryl methyl sites for hydroxylation is 3. The van der Waals surface area contributed by atoms with Crippen LogP contribution in [0.15, 0.2) is 24.3 Å². The summed E-state index contributed by atoms with van der Waals surface area (Å²) in [6.07, 6.45) is 4.85. The number of carbonyl (C=O) groups is 1. The Labute approximate surface area is 155 Å². The monoisotopic (exact) mass is 356 g/mol. The zero-order chi connectivity index (χ0) is 18.6. The van der Waals surface area contributed by atoms with Gasteiger partial charge in [0.05, 0.1) is 12.5 Å². The first kappa shape index (κ1) is 18.4. The molecule has 6 heteroatoms. The molecule has 0 aliphatic heterocycles. The minimum Gasteiger partial charge on any atom is -0.497 e. The number of carbonyl (C=O) groups excluding carboxylic acids is 1. The first-order valence-electron chi connectivity index (χ1n) is 9.36. The maximum absolute atomic E-state index is 13.0. The van der Waals surface area contributed by atoms with Crippen LogP contribution in [0.5, 0.6) is 5.75 Å². The summed E-state index contributed by atoms with van der Waals surface area (Å²) < 4.78 is 7.14. The van der Waals surface area contributed by atoms with Crippen molar-refractivity contribution in [1.29, 1.82) is 0 Å². The molecule has 0 unspecified atom stereocenters. The van der Waals surface area contributed by atoms with Gasteiger partial charge in [-0.2, -0.15) is 5.10 Å². The summed E-state index contributed by atoms with van der Waals surface area (Å²) in [5, 5.41) is 7.52. The van der Waals surface area contributed by atoms with Crippen LogP contribution in [0.25, 0.3) is 0 Å². The summed E-state index contributed by atoms with van der Waals surface area (Å²) in [4.78, 5) is 17.3. The van der Waals surface area contributed by atoms with Gasteiger partial charge in [-0.15, -0.1) is 0 Å². The van der Waals surface area contributed by atoms with Crippen LogP contribution in [0.1, 0.15) is 49.3 Å². The predicted octanol–water partition coefficient (Wildman–Crippen LogP) is 2.92. The summed E-state index contributed by atoms with van der Waals surface area (Å²) in [5.41, 5.74) is 0.697. The Morgan fingerprint density at radius 2 is 1.92 bits per heavy atom. The second-order valence-electron chi connectivity index (χ2n) is 7.06. The Kier molecular flexibility index (Phi) is 5.59. The molecule has 0 bridgehead atoms. The number of benzene rings is 1. The SMILES string of the molecule is COc1ccc(C2(C(=O)NCCCn3nc(C)nc3C)CCCC2)cc1. The largest absolute Gasteiger partial charge is 0.497 e. The van der Waals surface area contributed by atoms with Gasteiger partial charge in [0.25, 0.3) is 0 Å². The molecular formula is C20H28N4O2. The van der Waals surface area contributed by atoms with Gasteiger partial charge < -0.3 is 10.1 Å². The Bertz CT molecular complexity index is 746. The Balaban J connectivity index is 1.60. The Hall–Kier alpha value is -2.37. The number of amides is 1. The summed E-state index contributed by atoms with van der Waals surface area (Å²) in [5.74, 6) is 2.67. The van der Waals surface area contributed by atoms with E-state index in [-0.39, 0.29) is 5.91 Å². The van der Waals surface area contributed by atoms with Crippen molar-refractivity contribution in [1.82, 2.24) is 20.1 Å². The molecule has 1 aliphatic carbocycles. The van der Waals surface area contributed by atoms with Crippen molar-refractivity contribution in [3.63, 3.8) is 0 Å². The topological polar surface area (TPSA) is 69.0 Å². The molecule has 1 saturated carbocycles. The van der Waals surface area contributed by atoms with Crippen LogP contribution < -0.4 is 10.1 Å². The van der Waals surface area contributed by atoms with E-state index in [0.29, 0.717) is 6.54 Å². The zero-order valence-corrected chi connectivity index (χ0v) is 15.9. The van der Waals surface area contributed by atoms with E-state index >= 15 is 0 Å². The molecule has 140 valence electrons. The maximum atomic E-state index is 13.0. The van der Waals surface area contributed by atoms with Gasteiger partial charge in [-0.25, -0.2) is 4.98 Å². The van der Waals surface area contributed by atoms with Crippen molar-refractivity contribution < 1.29 is 9.53 Å². The summed E-state index contributed by atoms with van der Waals surface area (Å²) in [6, 6.07) is 7.95. The van der Waals surface area contributed by atoms with Gasteiger partial charge in [-0.3, -0.25) is 9.48 Å². The molecule has 0 spiro atoms. The van der Waals surface area contributed by atoms with Crippen LogP contribution in [0, 0.1) is 13.8 Å². The highest BCUT2D eigenvalue weighted by Crippen LogP contribution is 2.41. The number of hydrogen-bond acceptors (Lipinski definition) is 4. The predicted molar refractivity (Wildman–Crippen MR) is 100 cm³/mol. The molecule has 1 heterocycles. The lowest BCUT2D eigenvalue weighted by Gasteiger charge is -2.28. The minimum absolute atomic E-state index is 0.145. The van der Waals surface area contributed by atoms with Gasteiger partial charge in [-0.05, 0) is 50.8 Å². The molecule has 6 nitrogen and oxygen atoms in total. The quantitative estimate of drug-likeness (QED) is 0.775. The molecule has 1 fully saturated rings. The third-order valence-electron chi connectivity index (χ3n) is 5.33. The molecule has 0 atom stereocenters. The number of rotatable bonds is 7. The van der Waals surface area contributed by atoms with Crippen molar-refractivity contribution in [2.24, 2.45) is 0 Å². The van der Waals surface area contributed by atoms with E-state index < -0.39 is 5.41 Å². The lowest BCUT2D eigenvalue weighted by Crippen LogP contribution is -2.43. The molecule has 1 aromatic carbocycles. The van der Waals surface area contributed by atoms with E-state index in [1.54, 1.807) is 7.11 Å². The van der Waals surface area contributed by atoms with Gasteiger partial charge in [0.2, 0.25) is 5.91 Å². The van der Waals surface area contributed by atoms with Crippen molar-refractivity contribution in [2.75, 3.05) is 13.7 Å². The molecule has 0 radical (unpaired) electrons. The van der Waals surface area contributed by atoms with E-state index in [9.17, 15) is 4.79 Å². The summed E-state index contributed by atoms with van der Waals surface area (Å²) in [6.45, 7) is 5.26. The maximum Gasteiger partial charge on any atom is 0.230 e. The average Bonchev–Trinajstić information content (AvgIpc) is 3.26. The number of nitrogens with one attached hydrogen (secondary N) is 1. The normalized spacial score (nSPS) is 15.8. The van der Waals surface area contributed by atoms with E-state index in [2.05, 4.69) is 15.4 Å². The minimum atomic E-state index is -0.397. The molecule has 3 rings (SSSR count).